The van der Waals surface area contributed by atoms with Crippen molar-refractivity contribution in [2.24, 2.45) is 5.73 Å². The van der Waals surface area contributed by atoms with E-state index in [1.807, 2.05) is 43.3 Å². The highest BCUT2D eigenvalue weighted by atomic mass is 16.7. The molecule has 0 amide bonds. The summed E-state index contributed by atoms with van der Waals surface area (Å²) in [6.45, 7) is 2.12. The minimum Gasteiger partial charge on any atom is -0.433 e. The van der Waals surface area contributed by atoms with Crippen LogP contribution in [0.5, 0.6) is 0 Å². The summed E-state index contributed by atoms with van der Waals surface area (Å²) in [5.41, 5.74) is 10.2. The predicted octanol–water partition coefficient (Wildman–Crippen LogP) is 4.00. The molecule has 0 aliphatic heterocycles. The summed E-state index contributed by atoms with van der Waals surface area (Å²) < 4.78 is 9.95. The molecule has 1 aliphatic rings. The Hall–Kier alpha value is -2.66. The first kappa shape index (κ1) is 18.1. The minimum absolute atomic E-state index is 0.0705. The Balaban J connectivity index is 1.63. The Kier molecular flexibility index (Phi) is 5.68. The first-order valence-corrected chi connectivity index (χ1v) is 8.94. The van der Waals surface area contributed by atoms with Crippen LogP contribution >= 0.6 is 0 Å². The molecule has 0 bridgehead atoms. The number of carbonyl (C=O) groups is 2. The van der Waals surface area contributed by atoms with Crippen LogP contribution in [0.1, 0.15) is 43.2 Å². The summed E-state index contributed by atoms with van der Waals surface area (Å²) in [5.74, 6) is -0.811. The van der Waals surface area contributed by atoms with E-state index in [9.17, 15) is 9.59 Å². The maximum atomic E-state index is 11.9. The lowest BCUT2D eigenvalue weighted by atomic mass is 9.98. The van der Waals surface area contributed by atoms with Crippen molar-refractivity contribution in [2.45, 2.75) is 38.1 Å². The van der Waals surface area contributed by atoms with Crippen molar-refractivity contribution in [3.8, 4) is 11.1 Å². The molecule has 0 radical (unpaired) electrons. The third kappa shape index (κ3) is 3.78. The summed E-state index contributed by atoms with van der Waals surface area (Å²) in [7, 11) is 0. The molecule has 2 aromatic carbocycles. The Labute approximate surface area is 153 Å². The van der Waals surface area contributed by atoms with Gasteiger partial charge in [0.05, 0.1) is 0 Å². The molecule has 136 valence electrons. The van der Waals surface area contributed by atoms with Gasteiger partial charge in [0.1, 0.15) is 12.6 Å². The highest BCUT2D eigenvalue weighted by Gasteiger charge is 2.29. The second-order valence-electron chi connectivity index (χ2n) is 6.46. The molecule has 0 aromatic heterocycles. The van der Waals surface area contributed by atoms with Crippen LogP contribution in [0.25, 0.3) is 11.1 Å². The van der Waals surface area contributed by atoms with Gasteiger partial charge in [0.2, 0.25) is 0 Å². The Bertz CT molecular complexity index is 757. The van der Waals surface area contributed by atoms with E-state index in [-0.39, 0.29) is 12.5 Å². The highest BCUT2D eigenvalue weighted by Crippen LogP contribution is 2.44. The zero-order valence-corrected chi connectivity index (χ0v) is 14.8. The van der Waals surface area contributed by atoms with Crippen molar-refractivity contribution in [1.82, 2.24) is 0 Å². The van der Waals surface area contributed by atoms with Crippen LogP contribution in [0.4, 0.5) is 4.79 Å². The van der Waals surface area contributed by atoms with Gasteiger partial charge in [-0.25, -0.2) is 9.59 Å². The lowest BCUT2D eigenvalue weighted by Gasteiger charge is -2.14. The maximum Gasteiger partial charge on any atom is 0.516 e. The number of nitrogens with two attached hydrogens (primary N) is 1. The summed E-state index contributed by atoms with van der Waals surface area (Å²) in [4.78, 5) is 23.7. The first-order valence-electron chi connectivity index (χ1n) is 8.94. The lowest BCUT2D eigenvalue weighted by Crippen LogP contribution is -2.34. The van der Waals surface area contributed by atoms with Crippen molar-refractivity contribution in [3.05, 3.63) is 59.7 Å². The van der Waals surface area contributed by atoms with E-state index < -0.39 is 18.2 Å². The van der Waals surface area contributed by atoms with Crippen LogP contribution < -0.4 is 5.73 Å². The van der Waals surface area contributed by atoms with Crippen molar-refractivity contribution in [2.75, 3.05) is 6.61 Å². The molecule has 0 heterocycles. The largest absolute Gasteiger partial charge is 0.516 e. The Morgan fingerprint density at radius 1 is 1.04 bits per heavy atom. The summed E-state index contributed by atoms with van der Waals surface area (Å²) >= 11 is 0. The monoisotopic (exact) mass is 353 g/mol. The van der Waals surface area contributed by atoms with E-state index in [4.69, 9.17) is 15.2 Å². The molecule has 2 aromatic rings. The molecule has 3 rings (SSSR count). The zero-order chi connectivity index (χ0) is 18.5. The van der Waals surface area contributed by atoms with Crippen LogP contribution in [0.15, 0.2) is 48.5 Å². The Morgan fingerprint density at radius 3 is 2.19 bits per heavy atom. The van der Waals surface area contributed by atoms with Gasteiger partial charge in [-0.1, -0.05) is 68.3 Å². The fraction of sp³-hybridized carbons (Fsp3) is 0.333. The van der Waals surface area contributed by atoms with E-state index in [1.54, 1.807) is 0 Å². The zero-order valence-electron chi connectivity index (χ0n) is 14.8. The van der Waals surface area contributed by atoms with Crippen LogP contribution in [-0.4, -0.2) is 24.8 Å². The topological polar surface area (TPSA) is 78.6 Å². The highest BCUT2D eigenvalue weighted by molar-refractivity contribution is 5.85. The van der Waals surface area contributed by atoms with Gasteiger partial charge in [-0.05, 0) is 28.7 Å². The van der Waals surface area contributed by atoms with Gasteiger partial charge in [-0.15, -0.1) is 0 Å². The molecular weight excluding hydrogens is 330 g/mol. The number of hydrogen-bond acceptors (Lipinski definition) is 5. The average Bonchev–Trinajstić information content (AvgIpc) is 2.98. The number of rotatable bonds is 6. The number of fused-ring (bicyclic) bond motifs is 3. The summed E-state index contributed by atoms with van der Waals surface area (Å²) in [6.07, 6.45) is 1.22. The van der Waals surface area contributed by atoms with E-state index in [1.165, 1.54) is 0 Å². The molecule has 1 atom stereocenters. The Morgan fingerprint density at radius 2 is 1.62 bits per heavy atom. The predicted molar refractivity (Wildman–Crippen MR) is 98.7 cm³/mol. The van der Waals surface area contributed by atoms with Gasteiger partial charge in [-0.2, -0.15) is 0 Å². The SMILES string of the molecule is CCCC[C@H](N)C(=O)OC(=O)OCC1c2ccccc2-c2ccccc21. The fourth-order valence-electron chi connectivity index (χ4n) is 3.32. The quantitative estimate of drug-likeness (QED) is 0.627. The number of ether oxygens (including phenoxy) is 2. The number of carbonyl (C=O) groups excluding carboxylic acids is 2. The molecule has 5 nitrogen and oxygen atoms in total. The first-order chi connectivity index (χ1) is 12.6. The van der Waals surface area contributed by atoms with Crippen LogP contribution in [0, 0.1) is 0 Å². The molecule has 2 N–H and O–H groups in total. The minimum atomic E-state index is -0.996. The molecule has 1 aliphatic carbocycles. The second kappa shape index (κ2) is 8.15. The number of esters is 1. The van der Waals surface area contributed by atoms with E-state index in [2.05, 4.69) is 12.1 Å². The molecule has 26 heavy (non-hydrogen) atoms. The van der Waals surface area contributed by atoms with Crippen LogP contribution in [-0.2, 0) is 14.3 Å². The van der Waals surface area contributed by atoms with Crippen molar-refractivity contribution in [3.63, 3.8) is 0 Å². The lowest BCUT2D eigenvalue weighted by molar-refractivity contribution is -0.141. The number of hydrogen-bond donors (Lipinski definition) is 1. The van der Waals surface area contributed by atoms with Crippen molar-refractivity contribution >= 4 is 12.1 Å². The molecule has 0 unspecified atom stereocenters. The van der Waals surface area contributed by atoms with Gasteiger partial charge >= 0.3 is 12.1 Å². The van der Waals surface area contributed by atoms with Gasteiger partial charge in [-0.3, -0.25) is 0 Å². The molecular formula is C21H23NO4. The van der Waals surface area contributed by atoms with E-state index in [0.717, 1.165) is 35.1 Å². The van der Waals surface area contributed by atoms with Gasteiger partial charge < -0.3 is 15.2 Å². The smallest absolute Gasteiger partial charge is 0.433 e. The number of unbranched alkanes of at least 4 members (excludes halogenated alkanes) is 1. The average molecular weight is 353 g/mol. The standard InChI is InChI=1S/C21H23NO4/c1-2-3-12-19(22)20(23)26-21(24)25-13-18-16-10-6-4-8-14(16)15-9-5-7-11-17(15)18/h4-11,18-19H,2-3,12-13,22H2,1H3/t19-/m0/s1. The van der Waals surface area contributed by atoms with Gasteiger partial charge in [0, 0.05) is 5.92 Å². The molecule has 0 saturated heterocycles. The van der Waals surface area contributed by atoms with Crippen LogP contribution in [0.2, 0.25) is 0 Å². The molecule has 0 spiro atoms. The molecule has 0 saturated carbocycles. The van der Waals surface area contributed by atoms with Gasteiger partial charge in [0.15, 0.2) is 0 Å². The third-order valence-electron chi connectivity index (χ3n) is 4.69. The molecule has 0 fully saturated rings. The van der Waals surface area contributed by atoms with Crippen molar-refractivity contribution in [1.29, 1.82) is 0 Å². The van der Waals surface area contributed by atoms with E-state index >= 15 is 0 Å². The normalized spacial score (nSPS) is 13.6. The molecule has 5 heteroatoms. The van der Waals surface area contributed by atoms with Crippen LogP contribution in [0.3, 0.4) is 0 Å². The number of benzene rings is 2. The maximum absolute atomic E-state index is 11.9. The third-order valence-corrected chi connectivity index (χ3v) is 4.69. The fourth-order valence-corrected chi connectivity index (χ4v) is 3.32. The summed E-state index contributed by atoms with van der Waals surface area (Å²) in [6, 6.07) is 15.3. The summed E-state index contributed by atoms with van der Waals surface area (Å²) in [5, 5.41) is 0. The van der Waals surface area contributed by atoms with E-state index in [0.29, 0.717) is 6.42 Å². The van der Waals surface area contributed by atoms with Crippen molar-refractivity contribution < 1.29 is 19.1 Å². The van der Waals surface area contributed by atoms with Gasteiger partial charge in [0.25, 0.3) is 0 Å². The second-order valence-corrected chi connectivity index (χ2v) is 6.46.